The number of benzene rings is 2. The van der Waals surface area contributed by atoms with Crippen LogP contribution in [0.1, 0.15) is 5.56 Å². The molecular weight excluding hydrogens is 766 g/mol. The average molecular weight is 785 g/mol. The van der Waals surface area contributed by atoms with Crippen molar-refractivity contribution in [3.05, 3.63) is 54.1 Å². The standard InChI is InChI=1S/C15H15NO4.4HI/c16-14(15(18)19)9-10-1-5-12(6-2-10)20-13-7-3-11(17)4-8-13;;;;/h1-8,14,17H,9,16H2,(H,18,19);4*1H/t14-;;;;/m0..../s1. The van der Waals surface area contributed by atoms with Crippen molar-refractivity contribution >= 4 is 102 Å². The highest BCUT2D eigenvalue weighted by atomic mass is 127. The largest absolute Gasteiger partial charge is 0.508 e. The summed E-state index contributed by atoms with van der Waals surface area (Å²) in [6.45, 7) is 0. The zero-order chi connectivity index (χ0) is 14.5. The van der Waals surface area contributed by atoms with E-state index in [0.29, 0.717) is 11.5 Å². The first-order chi connectivity index (χ1) is 9.54. The van der Waals surface area contributed by atoms with Crippen LogP contribution in [0, 0.1) is 0 Å². The van der Waals surface area contributed by atoms with E-state index in [1.165, 1.54) is 12.1 Å². The number of aliphatic carboxylic acids is 1. The number of carboxylic acids is 1. The number of hydrogen-bond acceptors (Lipinski definition) is 4. The summed E-state index contributed by atoms with van der Waals surface area (Å²) in [5.74, 6) is 0.394. The SMILES string of the molecule is I.I.I.I.N[C@@H](Cc1ccc(Oc2ccc(O)cc2)cc1)C(=O)O. The highest BCUT2D eigenvalue weighted by Gasteiger charge is 2.11. The molecule has 0 heterocycles. The molecular formula is C15H19I4NO4. The predicted molar refractivity (Wildman–Crippen MR) is 136 cm³/mol. The van der Waals surface area contributed by atoms with Gasteiger partial charge in [0.05, 0.1) is 0 Å². The Morgan fingerprint density at radius 1 is 0.917 bits per heavy atom. The van der Waals surface area contributed by atoms with Crippen LogP contribution in [0.4, 0.5) is 0 Å². The molecule has 0 aliphatic carbocycles. The number of carboxylic acid groups (broad SMARTS) is 1. The van der Waals surface area contributed by atoms with Gasteiger partial charge in [0.2, 0.25) is 0 Å². The lowest BCUT2D eigenvalue weighted by Crippen LogP contribution is -2.32. The first-order valence-corrected chi connectivity index (χ1v) is 6.09. The summed E-state index contributed by atoms with van der Waals surface area (Å²) in [4.78, 5) is 10.7. The molecule has 2 rings (SSSR count). The molecule has 0 saturated carbocycles. The molecule has 0 aliphatic heterocycles. The molecule has 1 atom stereocenters. The van der Waals surface area contributed by atoms with Crippen molar-refractivity contribution in [2.45, 2.75) is 12.5 Å². The van der Waals surface area contributed by atoms with Crippen LogP contribution in [0.25, 0.3) is 0 Å². The molecule has 0 bridgehead atoms. The van der Waals surface area contributed by atoms with Crippen molar-refractivity contribution in [3.8, 4) is 17.2 Å². The molecule has 2 aromatic carbocycles. The average Bonchev–Trinajstić information content (AvgIpc) is 2.43. The number of halogens is 4. The molecule has 0 amide bonds. The van der Waals surface area contributed by atoms with Crippen molar-refractivity contribution in [1.29, 1.82) is 0 Å². The summed E-state index contributed by atoms with van der Waals surface area (Å²) in [7, 11) is 0. The third-order valence-electron chi connectivity index (χ3n) is 2.77. The molecule has 136 valence electrons. The van der Waals surface area contributed by atoms with Crippen LogP contribution in [0.15, 0.2) is 48.5 Å². The minimum absolute atomic E-state index is 0. The number of phenolic OH excluding ortho intramolecular Hbond substituents is 1. The Labute approximate surface area is 208 Å². The second kappa shape index (κ2) is 14.5. The fraction of sp³-hybridized carbons (Fsp3) is 0.133. The van der Waals surface area contributed by atoms with Crippen LogP contribution in [0.3, 0.4) is 0 Å². The molecule has 2 aromatic rings. The van der Waals surface area contributed by atoms with Crippen molar-refractivity contribution in [3.63, 3.8) is 0 Å². The van der Waals surface area contributed by atoms with Crippen molar-refractivity contribution in [2.75, 3.05) is 0 Å². The smallest absolute Gasteiger partial charge is 0.320 e. The summed E-state index contributed by atoms with van der Waals surface area (Å²) in [6, 6.07) is 12.5. The number of rotatable bonds is 5. The topological polar surface area (TPSA) is 92.8 Å². The quantitative estimate of drug-likeness (QED) is 0.386. The Hall–Kier alpha value is 0.390. The molecule has 4 N–H and O–H groups in total. The van der Waals surface area contributed by atoms with E-state index in [1.807, 2.05) is 0 Å². The molecule has 0 fully saturated rings. The zero-order valence-electron chi connectivity index (χ0n) is 12.3. The monoisotopic (exact) mass is 785 g/mol. The van der Waals surface area contributed by atoms with Gasteiger partial charge in [0.25, 0.3) is 0 Å². The number of aromatic hydroxyl groups is 1. The lowest BCUT2D eigenvalue weighted by atomic mass is 10.1. The maximum atomic E-state index is 10.7. The van der Waals surface area contributed by atoms with Gasteiger partial charge in [-0.1, -0.05) is 12.1 Å². The lowest BCUT2D eigenvalue weighted by Gasteiger charge is -2.08. The van der Waals surface area contributed by atoms with Crippen molar-refractivity contribution in [1.82, 2.24) is 0 Å². The van der Waals surface area contributed by atoms with Gasteiger partial charge in [-0.25, -0.2) is 0 Å². The highest BCUT2D eigenvalue weighted by Crippen LogP contribution is 2.23. The Morgan fingerprint density at radius 2 is 1.33 bits per heavy atom. The van der Waals surface area contributed by atoms with Gasteiger partial charge < -0.3 is 20.7 Å². The van der Waals surface area contributed by atoms with Gasteiger partial charge in [-0.2, -0.15) is 0 Å². The molecule has 0 radical (unpaired) electrons. The summed E-state index contributed by atoms with van der Waals surface area (Å²) in [5, 5.41) is 17.9. The van der Waals surface area contributed by atoms with Crippen LogP contribution in [0.2, 0.25) is 0 Å². The summed E-state index contributed by atoms with van der Waals surface area (Å²) < 4.78 is 5.58. The van der Waals surface area contributed by atoms with Crippen LogP contribution < -0.4 is 10.5 Å². The Kier molecular flexibility index (Phi) is 17.7. The Morgan fingerprint density at radius 3 is 1.75 bits per heavy atom. The Balaban J connectivity index is -0.00000110. The fourth-order valence-electron chi connectivity index (χ4n) is 1.69. The molecule has 0 spiro atoms. The molecule has 0 unspecified atom stereocenters. The Bertz CT molecular complexity index is 593. The van der Waals surface area contributed by atoms with E-state index in [2.05, 4.69) is 0 Å². The summed E-state index contributed by atoms with van der Waals surface area (Å²) in [5.41, 5.74) is 6.30. The molecule has 0 saturated heterocycles. The van der Waals surface area contributed by atoms with E-state index in [1.54, 1.807) is 36.4 Å². The maximum Gasteiger partial charge on any atom is 0.320 e. The lowest BCUT2D eigenvalue weighted by molar-refractivity contribution is -0.138. The fourth-order valence-corrected chi connectivity index (χ4v) is 1.69. The summed E-state index contributed by atoms with van der Waals surface area (Å²) >= 11 is 0. The number of hydrogen-bond donors (Lipinski definition) is 3. The van der Waals surface area contributed by atoms with Gasteiger partial charge in [0.1, 0.15) is 23.3 Å². The normalized spacial score (nSPS) is 9.88. The summed E-state index contributed by atoms with van der Waals surface area (Å²) in [6.07, 6.45) is 0.273. The van der Waals surface area contributed by atoms with E-state index < -0.39 is 12.0 Å². The third kappa shape index (κ3) is 9.76. The number of ether oxygens (including phenoxy) is 1. The second-order valence-electron chi connectivity index (χ2n) is 4.39. The van der Waals surface area contributed by atoms with E-state index in [-0.39, 0.29) is 108 Å². The first kappa shape index (κ1) is 29.2. The van der Waals surface area contributed by atoms with Gasteiger partial charge in [-0.05, 0) is 48.4 Å². The number of carbonyl (C=O) groups is 1. The molecule has 0 aromatic heterocycles. The first-order valence-electron chi connectivity index (χ1n) is 6.09. The van der Waals surface area contributed by atoms with Gasteiger partial charge in [0.15, 0.2) is 0 Å². The minimum Gasteiger partial charge on any atom is -0.508 e. The minimum atomic E-state index is -1.02. The third-order valence-corrected chi connectivity index (χ3v) is 2.77. The number of nitrogens with two attached hydrogens (primary N) is 1. The molecule has 5 nitrogen and oxygen atoms in total. The van der Waals surface area contributed by atoms with Gasteiger partial charge >= 0.3 is 5.97 Å². The van der Waals surface area contributed by atoms with E-state index >= 15 is 0 Å². The highest BCUT2D eigenvalue weighted by molar-refractivity contribution is 14.0. The van der Waals surface area contributed by atoms with Crippen LogP contribution in [-0.4, -0.2) is 22.2 Å². The predicted octanol–water partition coefficient (Wildman–Crippen LogP) is 4.61. The van der Waals surface area contributed by atoms with E-state index in [9.17, 15) is 9.90 Å². The molecule has 24 heavy (non-hydrogen) atoms. The van der Waals surface area contributed by atoms with Crippen LogP contribution in [0.5, 0.6) is 17.2 Å². The second-order valence-corrected chi connectivity index (χ2v) is 4.39. The van der Waals surface area contributed by atoms with Crippen LogP contribution >= 0.6 is 95.9 Å². The molecule has 9 heteroatoms. The maximum absolute atomic E-state index is 10.7. The van der Waals surface area contributed by atoms with Crippen molar-refractivity contribution in [2.24, 2.45) is 5.73 Å². The number of phenols is 1. The van der Waals surface area contributed by atoms with E-state index in [0.717, 1.165) is 5.56 Å². The van der Waals surface area contributed by atoms with Gasteiger partial charge in [-0.3, -0.25) is 4.79 Å². The zero-order valence-corrected chi connectivity index (χ0v) is 21.6. The molecule has 0 aliphatic rings. The van der Waals surface area contributed by atoms with Gasteiger partial charge in [0, 0.05) is 0 Å². The van der Waals surface area contributed by atoms with E-state index in [4.69, 9.17) is 15.6 Å². The van der Waals surface area contributed by atoms with Gasteiger partial charge in [-0.15, -0.1) is 95.9 Å². The van der Waals surface area contributed by atoms with Crippen LogP contribution in [-0.2, 0) is 11.2 Å². The van der Waals surface area contributed by atoms with Crippen molar-refractivity contribution < 1.29 is 19.7 Å².